The number of aromatic nitrogens is 6. The molecular formula is C11H7ClN6S. The zero-order chi connectivity index (χ0) is 13.1. The van der Waals surface area contributed by atoms with Gasteiger partial charge in [0.25, 0.3) is 5.95 Å². The second kappa shape index (κ2) is 5.33. The molecule has 0 aromatic carbocycles. The van der Waals surface area contributed by atoms with Crippen LogP contribution in [0.3, 0.4) is 0 Å². The van der Waals surface area contributed by atoms with Crippen molar-refractivity contribution in [2.75, 3.05) is 0 Å². The van der Waals surface area contributed by atoms with Crippen molar-refractivity contribution in [2.24, 2.45) is 0 Å². The lowest BCUT2D eigenvalue weighted by molar-refractivity contribution is 0.758. The molecule has 3 heterocycles. The first-order valence-corrected chi connectivity index (χ1v) is 6.51. The van der Waals surface area contributed by atoms with Crippen LogP contribution in [0.25, 0.3) is 5.95 Å². The molecule has 0 aliphatic rings. The summed E-state index contributed by atoms with van der Waals surface area (Å²) in [6.45, 7) is 0. The third-order valence-corrected chi connectivity index (χ3v) is 3.10. The van der Waals surface area contributed by atoms with E-state index in [9.17, 15) is 0 Å². The standard InChI is InChI=1S/C11H7ClN6S/c12-9-15-10(18-7-3-6-14-18)17-11(16-9)19-8-4-1-2-5-13-8/h1-7H. The van der Waals surface area contributed by atoms with Gasteiger partial charge in [0.1, 0.15) is 5.03 Å². The highest BCUT2D eigenvalue weighted by Crippen LogP contribution is 2.23. The van der Waals surface area contributed by atoms with E-state index < -0.39 is 0 Å². The van der Waals surface area contributed by atoms with E-state index in [1.807, 2.05) is 18.2 Å². The monoisotopic (exact) mass is 290 g/mol. The first-order valence-electron chi connectivity index (χ1n) is 5.32. The number of hydrogen-bond acceptors (Lipinski definition) is 6. The third kappa shape index (κ3) is 2.88. The number of halogens is 1. The van der Waals surface area contributed by atoms with Gasteiger partial charge in [-0.3, -0.25) is 0 Å². The lowest BCUT2D eigenvalue weighted by Gasteiger charge is -2.03. The molecule has 8 heteroatoms. The molecule has 0 unspecified atom stereocenters. The highest BCUT2D eigenvalue weighted by molar-refractivity contribution is 7.99. The van der Waals surface area contributed by atoms with Gasteiger partial charge in [-0.2, -0.15) is 20.1 Å². The minimum Gasteiger partial charge on any atom is -0.249 e. The molecular weight excluding hydrogens is 284 g/mol. The van der Waals surface area contributed by atoms with Crippen molar-refractivity contribution in [1.82, 2.24) is 29.7 Å². The summed E-state index contributed by atoms with van der Waals surface area (Å²) in [4.78, 5) is 16.6. The topological polar surface area (TPSA) is 69.4 Å². The van der Waals surface area contributed by atoms with Crippen molar-refractivity contribution in [2.45, 2.75) is 10.2 Å². The Morgan fingerprint density at radius 2 is 2.00 bits per heavy atom. The fourth-order valence-corrected chi connectivity index (χ4v) is 2.27. The molecule has 0 spiro atoms. The summed E-state index contributed by atoms with van der Waals surface area (Å²) in [6.07, 6.45) is 5.09. The van der Waals surface area contributed by atoms with Crippen LogP contribution in [0, 0.1) is 0 Å². The summed E-state index contributed by atoms with van der Waals surface area (Å²) < 4.78 is 1.52. The maximum atomic E-state index is 5.90. The Kier molecular flexibility index (Phi) is 3.39. The van der Waals surface area contributed by atoms with Crippen LogP contribution in [0.4, 0.5) is 0 Å². The van der Waals surface area contributed by atoms with Gasteiger partial charge >= 0.3 is 0 Å². The fraction of sp³-hybridized carbons (Fsp3) is 0. The largest absolute Gasteiger partial charge is 0.255 e. The van der Waals surface area contributed by atoms with Crippen molar-refractivity contribution < 1.29 is 0 Å². The summed E-state index contributed by atoms with van der Waals surface area (Å²) in [6, 6.07) is 7.39. The van der Waals surface area contributed by atoms with Crippen molar-refractivity contribution in [1.29, 1.82) is 0 Å². The number of nitrogens with zero attached hydrogens (tertiary/aromatic N) is 6. The lowest BCUT2D eigenvalue weighted by Crippen LogP contribution is -2.04. The maximum Gasteiger partial charge on any atom is 0.255 e. The van der Waals surface area contributed by atoms with E-state index in [4.69, 9.17) is 11.6 Å². The molecule has 0 N–H and O–H groups in total. The van der Waals surface area contributed by atoms with Gasteiger partial charge in [0.15, 0.2) is 5.16 Å². The molecule has 0 bridgehead atoms. The van der Waals surface area contributed by atoms with Crippen LogP contribution in [-0.2, 0) is 0 Å². The average molecular weight is 291 g/mol. The molecule has 19 heavy (non-hydrogen) atoms. The first-order chi connectivity index (χ1) is 9.31. The van der Waals surface area contributed by atoms with E-state index in [1.54, 1.807) is 24.7 Å². The molecule has 3 rings (SSSR count). The van der Waals surface area contributed by atoms with Crippen LogP contribution < -0.4 is 0 Å². The maximum absolute atomic E-state index is 5.90. The molecule has 0 aliphatic heterocycles. The highest BCUT2D eigenvalue weighted by Gasteiger charge is 2.08. The van der Waals surface area contributed by atoms with E-state index in [1.165, 1.54) is 16.4 Å². The molecule has 0 saturated heterocycles. The van der Waals surface area contributed by atoms with E-state index in [-0.39, 0.29) is 5.28 Å². The van der Waals surface area contributed by atoms with Gasteiger partial charge < -0.3 is 0 Å². The van der Waals surface area contributed by atoms with Gasteiger partial charge in [-0.05, 0) is 41.6 Å². The second-order valence-corrected chi connectivity index (χ2v) is 4.73. The molecule has 94 valence electrons. The predicted molar refractivity (Wildman–Crippen MR) is 70.3 cm³/mol. The Balaban J connectivity index is 1.94. The zero-order valence-corrected chi connectivity index (χ0v) is 11.1. The highest BCUT2D eigenvalue weighted by atomic mass is 35.5. The Labute approximate surface area is 117 Å². The van der Waals surface area contributed by atoms with Gasteiger partial charge in [0, 0.05) is 18.6 Å². The van der Waals surface area contributed by atoms with Gasteiger partial charge in [0.2, 0.25) is 5.28 Å². The lowest BCUT2D eigenvalue weighted by atomic mass is 10.5. The molecule has 6 nitrogen and oxygen atoms in total. The number of hydrogen-bond donors (Lipinski definition) is 0. The first kappa shape index (κ1) is 12.1. The summed E-state index contributed by atoms with van der Waals surface area (Å²) >= 11 is 7.21. The number of pyridine rings is 1. The van der Waals surface area contributed by atoms with Crippen molar-refractivity contribution in [3.63, 3.8) is 0 Å². The van der Waals surface area contributed by atoms with Crippen LogP contribution in [0.5, 0.6) is 0 Å². The fourth-order valence-electron chi connectivity index (χ4n) is 1.36. The van der Waals surface area contributed by atoms with Crippen LogP contribution >= 0.6 is 23.4 Å². The molecule has 0 saturated carbocycles. The van der Waals surface area contributed by atoms with Crippen LogP contribution in [0.2, 0.25) is 5.28 Å². The average Bonchev–Trinajstić information content (AvgIpc) is 2.93. The van der Waals surface area contributed by atoms with E-state index in [0.717, 1.165) is 5.03 Å². The third-order valence-electron chi connectivity index (χ3n) is 2.12. The minimum absolute atomic E-state index is 0.124. The zero-order valence-electron chi connectivity index (χ0n) is 9.51. The Bertz CT molecular complexity index is 673. The SMILES string of the molecule is Clc1nc(Sc2ccccn2)nc(-n2cccn2)n1. The molecule has 3 aromatic heterocycles. The summed E-state index contributed by atoms with van der Waals surface area (Å²) in [7, 11) is 0. The Morgan fingerprint density at radius 1 is 1.05 bits per heavy atom. The smallest absolute Gasteiger partial charge is 0.249 e. The summed E-state index contributed by atoms with van der Waals surface area (Å²) in [5.74, 6) is 0.378. The number of rotatable bonds is 3. The van der Waals surface area contributed by atoms with E-state index in [0.29, 0.717) is 11.1 Å². The minimum atomic E-state index is 0.124. The van der Waals surface area contributed by atoms with Gasteiger partial charge in [0.05, 0.1) is 0 Å². The summed E-state index contributed by atoms with van der Waals surface area (Å²) in [5.41, 5.74) is 0. The molecule has 0 atom stereocenters. The van der Waals surface area contributed by atoms with Crippen molar-refractivity contribution >= 4 is 23.4 Å². The van der Waals surface area contributed by atoms with Crippen LogP contribution in [-0.4, -0.2) is 29.7 Å². The molecule has 0 amide bonds. The quantitative estimate of drug-likeness (QED) is 0.737. The molecule has 0 fully saturated rings. The van der Waals surface area contributed by atoms with Crippen molar-refractivity contribution in [3.05, 3.63) is 48.1 Å². The van der Waals surface area contributed by atoms with Crippen LogP contribution in [0.1, 0.15) is 0 Å². The van der Waals surface area contributed by atoms with Crippen molar-refractivity contribution in [3.8, 4) is 5.95 Å². The van der Waals surface area contributed by atoms with Crippen LogP contribution in [0.15, 0.2) is 53.0 Å². The van der Waals surface area contributed by atoms with Gasteiger partial charge in [-0.25, -0.2) is 9.67 Å². The predicted octanol–water partition coefficient (Wildman–Crippen LogP) is 2.26. The normalized spacial score (nSPS) is 10.6. The molecule has 3 aromatic rings. The molecule has 0 aliphatic carbocycles. The second-order valence-electron chi connectivity index (χ2n) is 3.41. The molecule has 0 radical (unpaired) electrons. The Morgan fingerprint density at radius 3 is 2.74 bits per heavy atom. The van der Waals surface area contributed by atoms with E-state index in [2.05, 4.69) is 25.0 Å². The van der Waals surface area contributed by atoms with E-state index >= 15 is 0 Å². The van der Waals surface area contributed by atoms with Gasteiger partial charge in [-0.1, -0.05) is 6.07 Å². The Hall–Kier alpha value is -1.99. The summed E-state index contributed by atoms with van der Waals surface area (Å²) in [5, 5.41) is 5.44. The van der Waals surface area contributed by atoms with Gasteiger partial charge in [-0.15, -0.1) is 0 Å².